The predicted octanol–water partition coefficient (Wildman–Crippen LogP) is 3.97. The Morgan fingerprint density at radius 2 is 2.29 bits per heavy atom. The minimum absolute atomic E-state index is 0.109. The van der Waals surface area contributed by atoms with Gasteiger partial charge in [-0.1, -0.05) is 24.9 Å². The summed E-state index contributed by atoms with van der Waals surface area (Å²) < 4.78 is 13.9. The van der Waals surface area contributed by atoms with Crippen molar-refractivity contribution in [1.29, 1.82) is 0 Å². The number of piperidine rings is 1. The van der Waals surface area contributed by atoms with Gasteiger partial charge in [0.1, 0.15) is 5.82 Å². The van der Waals surface area contributed by atoms with Crippen molar-refractivity contribution >= 4 is 11.6 Å². The minimum Gasteiger partial charge on any atom is -0.316 e. The van der Waals surface area contributed by atoms with Crippen molar-refractivity contribution < 1.29 is 4.39 Å². The summed E-state index contributed by atoms with van der Waals surface area (Å²) in [5.41, 5.74) is 0.803. The van der Waals surface area contributed by atoms with E-state index in [4.69, 9.17) is 11.6 Å². The molecule has 94 valence electrons. The van der Waals surface area contributed by atoms with Crippen molar-refractivity contribution in [2.45, 2.75) is 32.1 Å². The number of hydrogen-bond acceptors (Lipinski definition) is 1. The predicted molar refractivity (Wildman–Crippen MR) is 70.0 cm³/mol. The molecule has 1 saturated heterocycles. The number of benzene rings is 1. The second-order valence-electron chi connectivity index (χ2n) is 4.81. The van der Waals surface area contributed by atoms with E-state index in [9.17, 15) is 4.39 Å². The van der Waals surface area contributed by atoms with E-state index in [1.807, 2.05) is 0 Å². The molecular formula is C14H19ClFN. The fourth-order valence-electron chi connectivity index (χ4n) is 2.81. The first-order valence-electron chi connectivity index (χ1n) is 6.38. The highest BCUT2D eigenvalue weighted by molar-refractivity contribution is 6.30. The molecule has 1 fully saturated rings. The molecule has 1 aromatic carbocycles. The fraction of sp³-hybridized carbons (Fsp3) is 0.571. The molecule has 3 heteroatoms. The van der Waals surface area contributed by atoms with Gasteiger partial charge in [-0.2, -0.15) is 0 Å². The molecular weight excluding hydrogens is 237 g/mol. The lowest BCUT2D eigenvalue weighted by Crippen LogP contribution is -2.35. The lowest BCUT2D eigenvalue weighted by molar-refractivity contribution is 0.301. The summed E-state index contributed by atoms with van der Waals surface area (Å²) >= 11 is 5.98. The number of hydrogen-bond donors (Lipinski definition) is 1. The SMILES string of the molecule is CCCC1CNCCC1c1cc(Cl)ccc1F. The monoisotopic (exact) mass is 255 g/mol. The molecule has 1 aromatic rings. The molecule has 1 aliphatic rings. The van der Waals surface area contributed by atoms with E-state index in [0.29, 0.717) is 16.9 Å². The maximum absolute atomic E-state index is 13.9. The molecule has 1 aliphatic heterocycles. The smallest absolute Gasteiger partial charge is 0.126 e. The Balaban J connectivity index is 2.25. The zero-order valence-corrected chi connectivity index (χ0v) is 10.9. The molecule has 0 aliphatic carbocycles. The summed E-state index contributed by atoms with van der Waals surface area (Å²) in [7, 11) is 0. The van der Waals surface area contributed by atoms with Crippen LogP contribution >= 0.6 is 11.6 Å². The third-order valence-electron chi connectivity index (χ3n) is 3.62. The molecule has 17 heavy (non-hydrogen) atoms. The third-order valence-corrected chi connectivity index (χ3v) is 3.86. The highest BCUT2D eigenvalue weighted by Crippen LogP contribution is 2.35. The molecule has 1 nitrogen and oxygen atoms in total. The lowest BCUT2D eigenvalue weighted by atomic mass is 9.79. The summed E-state index contributed by atoms with van der Waals surface area (Å²) in [6.45, 7) is 4.14. The van der Waals surface area contributed by atoms with Gasteiger partial charge in [-0.25, -0.2) is 4.39 Å². The fourth-order valence-corrected chi connectivity index (χ4v) is 2.99. The van der Waals surface area contributed by atoms with Gasteiger partial charge in [0, 0.05) is 5.02 Å². The van der Waals surface area contributed by atoms with Crippen LogP contribution < -0.4 is 5.32 Å². The van der Waals surface area contributed by atoms with E-state index in [0.717, 1.165) is 37.9 Å². The van der Waals surface area contributed by atoms with Crippen LogP contribution in [0.15, 0.2) is 18.2 Å². The summed E-state index contributed by atoms with van der Waals surface area (Å²) in [4.78, 5) is 0. The average molecular weight is 256 g/mol. The quantitative estimate of drug-likeness (QED) is 0.862. The van der Waals surface area contributed by atoms with Crippen LogP contribution in [-0.2, 0) is 0 Å². The van der Waals surface area contributed by atoms with Gasteiger partial charge >= 0.3 is 0 Å². The molecule has 0 spiro atoms. The van der Waals surface area contributed by atoms with Crippen LogP contribution in [0.5, 0.6) is 0 Å². The largest absolute Gasteiger partial charge is 0.316 e. The maximum Gasteiger partial charge on any atom is 0.126 e. The van der Waals surface area contributed by atoms with E-state index in [1.165, 1.54) is 6.07 Å². The van der Waals surface area contributed by atoms with Crippen LogP contribution in [0.2, 0.25) is 5.02 Å². The van der Waals surface area contributed by atoms with Crippen LogP contribution in [0.3, 0.4) is 0 Å². The van der Waals surface area contributed by atoms with Gasteiger partial charge in [0.15, 0.2) is 0 Å². The van der Waals surface area contributed by atoms with E-state index in [2.05, 4.69) is 12.2 Å². The molecule has 1 N–H and O–H groups in total. The summed E-state index contributed by atoms with van der Waals surface area (Å²) in [5.74, 6) is 0.735. The van der Waals surface area contributed by atoms with Crippen LogP contribution in [0.25, 0.3) is 0 Å². The van der Waals surface area contributed by atoms with Crippen LogP contribution in [0.4, 0.5) is 4.39 Å². The van der Waals surface area contributed by atoms with Crippen molar-refractivity contribution in [3.8, 4) is 0 Å². The molecule has 0 aromatic heterocycles. The van der Waals surface area contributed by atoms with E-state index >= 15 is 0 Å². The van der Waals surface area contributed by atoms with Crippen molar-refractivity contribution in [3.05, 3.63) is 34.6 Å². The molecule has 2 rings (SSSR count). The Morgan fingerprint density at radius 1 is 1.47 bits per heavy atom. The highest BCUT2D eigenvalue weighted by Gasteiger charge is 2.27. The Labute approximate surface area is 107 Å². The van der Waals surface area contributed by atoms with Gasteiger partial charge in [0.25, 0.3) is 0 Å². The van der Waals surface area contributed by atoms with Gasteiger partial charge in [-0.05, 0) is 61.5 Å². The second kappa shape index (κ2) is 5.83. The van der Waals surface area contributed by atoms with E-state index in [-0.39, 0.29) is 5.82 Å². The van der Waals surface area contributed by atoms with Crippen LogP contribution in [0.1, 0.15) is 37.7 Å². The Hall–Kier alpha value is -0.600. The zero-order valence-electron chi connectivity index (χ0n) is 10.2. The first-order chi connectivity index (χ1) is 8.22. The first-order valence-corrected chi connectivity index (χ1v) is 6.75. The third kappa shape index (κ3) is 2.99. The summed E-state index contributed by atoms with van der Waals surface area (Å²) in [5, 5.41) is 4.03. The summed E-state index contributed by atoms with van der Waals surface area (Å²) in [6.07, 6.45) is 3.29. The lowest BCUT2D eigenvalue weighted by Gasteiger charge is -2.32. The van der Waals surface area contributed by atoms with Crippen LogP contribution in [-0.4, -0.2) is 13.1 Å². The number of rotatable bonds is 3. The highest BCUT2D eigenvalue weighted by atomic mass is 35.5. The van der Waals surface area contributed by atoms with Crippen molar-refractivity contribution in [1.82, 2.24) is 5.32 Å². The number of halogens is 2. The molecule has 2 atom stereocenters. The second-order valence-corrected chi connectivity index (χ2v) is 5.25. The van der Waals surface area contributed by atoms with Gasteiger partial charge in [-0.15, -0.1) is 0 Å². The average Bonchev–Trinajstić information content (AvgIpc) is 2.34. The molecule has 0 saturated carbocycles. The van der Waals surface area contributed by atoms with Crippen LogP contribution in [0, 0.1) is 11.7 Å². The van der Waals surface area contributed by atoms with Crippen molar-refractivity contribution in [3.63, 3.8) is 0 Å². The van der Waals surface area contributed by atoms with Gasteiger partial charge < -0.3 is 5.32 Å². The molecule has 2 unspecified atom stereocenters. The van der Waals surface area contributed by atoms with E-state index < -0.39 is 0 Å². The normalized spacial score (nSPS) is 24.9. The maximum atomic E-state index is 13.9. The van der Waals surface area contributed by atoms with Gasteiger partial charge in [0.2, 0.25) is 0 Å². The standard InChI is InChI=1S/C14H19ClFN/c1-2-3-10-9-17-7-6-12(10)13-8-11(15)4-5-14(13)16/h4-5,8,10,12,17H,2-3,6-7,9H2,1H3. The molecule has 0 bridgehead atoms. The Kier molecular flexibility index (Phi) is 4.41. The molecule has 0 amide bonds. The van der Waals surface area contributed by atoms with Crippen molar-refractivity contribution in [2.24, 2.45) is 5.92 Å². The minimum atomic E-state index is -0.109. The van der Waals surface area contributed by atoms with Crippen molar-refractivity contribution in [2.75, 3.05) is 13.1 Å². The Morgan fingerprint density at radius 3 is 3.06 bits per heavy atom. The zero-order chi connectivity index (χ0) is 12.3. The van der Waals surface area contributed by atoms with Gasteiger partial charge in [0.05, 0.1) is 0 Å². The first kappa shape index (κ1) is 12.8. The number of nitrogens with one attached hydrogen (secondary N) is 1. The molecule has 0 radical (unpaired) electrons. The Bertz CT molecular complexity index is 378. The topological polar surface area (TPSA) is 12.0 Å². The van der Waals surface area contributed by atoms with E-state index in [1.54, 1.807) is 12.1 Å². The van der Waals surface area contributed by atoms with Gasteiger partial charge in [-0.3, -0.25) is 0 Å². The summed E-state index contributed by atoms with van der Waals surface area (Å²) in [6, 6.07) is 4.91. The molecule has 1 heterocycles.